The molecule has 3 N–H and O–H groups in total. The Morgan fingerprint density at radius 2 is 2.11 bits per heavy atom. The fourth-order valence-electron chi connectivity index (χ4n) is 2.20. The highest BCUT2D eigenvalue weighted by molar-refractivity contribution is 9.10. The summed E-state index contributed by atoms with van der Waals surface area (Å²) in [5, 5.41) is 10.3. The number of aryl methyl sites for hydroxylation is 1. The number of hydrogen-bond acceptors (Lipinski definition) is 3. The monoisotopic (exact) mass is 323 g/mol. The van der Waals surface area contributed by atoms with Gasteiger partial charge in [-0.1, -0.05) is 28.1 Å². The van der Waals surface area contributed by atoms with Crippen LogP contribution in [0.15, 0.2) is 51.6 Å². The van der Waals surface area contributed by atoms with Crippen molar-refractivity contribution in [3.63, 3.8) is 0 Å². The number of halogens is 1. The molecule has 0 aliphatic carbocycles. The van der Waals surface area contributed by atoms with E-state index in [0.29, 0.717) is 13.0 Å². The third kappa shape index (κ3) is 3.93. The molecule has 3 nitrogen and oxygen atoms in total. The minimum absolute atomic E-state index is 0.0486. The van der Waals surface area contributed by atoms with Crippen LogP contribution in [0.5, 0.6) is 0 Å². The molecule has 1 aromatic heterocycles. The number of aliphatic hydroxyl groups excluding tert-OH is 1. The van der Waals surface area contributed by atoms with Gasteiger partial charge in [0, 0.05) is 23.4 Å². The topological polar surface area (TPSA) is 59.4 Å². The maximum atomic E-state index is 10.3. The minimum Gasteiger partial charge on any atom is -0.469 e. The number of hydrogen-bond donors (Lipinski definition) is 2. The van der Waals surface area contributed by atoms with Gasteiger partial charge >= 0.3 is 0 Å². The largest absolute Gasteiger partial charge is 0.469 e. The van der Waals surface area contributed by atoms with Crippen LogP contribution in [0.1, 0.15) is 23.7 Å². The van der Waals surface area contributed by atoms with Crippen LogP contribution in [0.3, 0.4) is 0 Å². The summed E-state index contributed by atoms with van der Waals surface area (Å²) < 4.78 is 6.27. The molecule has 1 aromatic carbocycles. The summed E-state index contributed by atoms with van der Waals surface area (Å²) in [6.07, 6.45) is 2.54. The van der Waals surface area contributed by atoms with Crippen molar-refractivity contribution in [2.45, 2.75) is 24.9 Å². The van der Waals surface area contributed by atoms with E-state index in [2.05, 4.69) is 15.9 Å². The molecule has 0 aliphatic rings. The number of benzene rings is 1. The highest BCUT2D eigenvalue weighted by Crippen LogP contribution is 2.24. The summed E-state index contributed by atoms with van der Waals surface area (Å²) in [6.45, 7) is 0.426. The molecule has 2 rings (SSSR count). The summed E-state index contributed by atoms with van der Waals surface area (Å²) in [4.78, 5) is 0. The van der Waals surface area contributed by atoms with Crippen molar-refractivity contribution >= 4 is 15.9 Å². The fraction of sp³-hybridized carbons (Fsp3) is 0.333. The average molecular weight is 324 g/mol. The lowest BCUT2D eigenvalue weighted by Crippen LogP contribution is -2.26. The van der Waals surface area contributed by atoms with Gasteiger partial charge in [-0.25, -0.2) is 0 Å². The molecule has 0 saturated heterocycles. The zero-order valence-corrected chi connectivity index (χ0v) is 12.2. The average Bonchev–Trinajstić information content (AvgIpc) is 2.90. The summed E-state index contributed by atoms with van der Waals surface area (Å²) in [7, 11) is 0. The molecule has 2 aromatic rings. The molecule has 0 fully saturated rings. The van der Waals surface area contributed by atoms with Crippen LogP contribution in [-0.2, 0) is 6.42 Å². The van der Waals surface area contributed by atoms with Gasteiger partial charge in [0.25, 0.3) is 0 Å². The molecule has 0 radical (unpaired) electrons. The Hall–Kier alpha value is -1.10. The molecule has 2 unspecified atom stereocenters. The van der Waals surface area contributed by atoms with Crippen molar-refractivity contribution in [2.24, 2.45) is 5.73 Å². The molecule has 0 amide bonds. The van der Waals surface area contributed by atoms with E-state index in [9.17, 15) is 5.11 Å². The lowest BCUT2D eigenvalue weighted by molar-refractivity contribution is 0.134. The van der Waals surface area contributed by atoms with Crippen LogP contribution < -0.4 is 5.73 Å². The quantitative estimate of drug-likeness (QED) is 0.858. The van der Waals surface area contributed by atoms with Crippen LogP contribution >= 0.6 is 15.9 Å². The van der Waals surface area contributed by atoms with Gasteiger partial charge in [0.2, 0.25) is 0 Å². The molecule has 1 heterocycles. The van der Waals surface area contributed by atoms with E-state index in [1.54, 1.807) is 6.26 Å². The second-order valence-electron chi connectivity index (χ2n) is 4.58. The SMILES string of the molecule is NCC(c1cccc(Br)c1)C(O)CCc1ccco1. The first kappa shape index (κ1) is 14.3. The van der Waals surface area contributed by atoms with Gasteiger partial charge in [0.15, 0.2) is 0 Å². The number of nitrogens with two attached hydrogens (primary N) is 1. The Bertz CT molecular complexity index is 499. The third-order valence-electron chi connectivity index (χ3n) is 3.26. The summed E-state index contributed by atoms with van der Waals surface area (Å²) >= 11 is 3.44. The maximum Gasteiger partial charge on any atom is 0.103 e. The molecule has 102 valence electrons. The molecule has 0 saturated carbocycles. The molecule has 4 heteroatoms. The minimum atomic E-state index is -0.468. The van der Waals surface area contributed by atoms with E-state index in [1.165, 1.54) is 0 Å². The van der Waals surface area contributed by atoms with E-state index in [0.717, 1.165) is 22.2 Å². The zero-order chi connectivity index (χ0) is 13.7. The highest BCUT2D eigenvalue weighted by Gasteiger charge is 2.20. The summed E-state index contributed by atoms with van der Waals surface area (Å²) in [5.74, 6) is 0.844. The van der Waals surface area contributed by atoms with E-state index in [-0.39, 0.29) is 5.92 Å². The maximum absolute atomic E-state index is 10.3. The van der Waals surface area contributed by atoms with Gasteiger partial charge < -0.3 is 15.3 Å². The summed E-state index contributed by atoms with van der Waals surface area (Å²) in [6, 6.07) is 11.7. The Balaban J connectivity index is 2.00. The van der Waals surface area contributed by atoms with Crippen molar-refractivity contribution in [1.82, 2.24) is 0 Å². The predicted molar refractivity (Wildman–Crippen MR) is 79.0 cm³/mol. The van der Waals surface area contributed by atoms with Crippen LogP contribution in [0.25, 0.3) is 0 Å². The van der Waals surface area contributed by atoms with Crippen molar-refractivity contribution in [3.8, 4) is 0 Å². The van der Waals surface area contributed by atoms with Crippen LogP contribution in [0, 0.1) is 0 Å². The fourth-order valence-corrected chi connectivity index (χ4v) is 2.62. The van der Waals surface area contributed by atoms with Crippen molar-refractivity contribution in [1.29, 1.82) is 0 Å². The standard InChI is InChI=1S/C15H18BrNO2/c16-12-4-1-3-11(9-12)14(10-17)15(18)7-6-13-5-2-8-19-13/h1-5,8-9,14-15,18H,6-7,10,17H2. The van der Waals surface area contributed by atoms with Crippen molar-refractivity contribution < 1.29 is 9.52 Å². The smallest absolute Gasteiger partial charge is 0.103 e. The Morgan fingerprint density at radius 3 is 2.74 bits per heavy atom. The Labute approximate surface area is 121 Å². The molecule has 0 spiro atoms. The lowest BCUT2D eigenvalue weighted by atomic mass is 9.90. The third-order valence-corrected chi connectivity index (χ3v) is 3.76. The normalized spacial score (nSPS) is 14.3. The first-order valence-electron chi connectivity index (χ1n) is 6.36. The van der Waals surface area contributed by atoms with Crippen LogP contribution in [0.4, 0.5) is 0 Å². The van der Waals surface area contributed by atoms with E-state index in [4.69, 9.17) is 10.2 Å². The van der Waals surface area contributed by atoms with E-state index in [1.807, 2.05) is 36.4 Å². The summed E-state index contributed by atoms with van der Waals surface area (Å²) in [5.41, 5.74) is 6.87. The Kier molecular flexibility index (Phi) is 5.19. The highest BCUT2D eigenvalue weighted by atomic mass is 79.9. The molecular weight excluding hydrogens is 306 g/mol. The van der Waals surface area contributed by atoms with Gasteiger partial charge in [-0.2, -0.15) is 0 Å². The number of rotatable bonds is 6. The van der Waals surface area contributed by atoms with Crippen LogP contribution in [0.2, 0.25) is 0 Å². The Morgan fingerprint density at radius 1 is 1.26 bits per heavy atom. The number of aliphatic hydroxyl groups is 1. The number of furan rings is 1. The van der Waals surface area contributed by atoms with Gasteiger partial charge in [-0.05, 0) is 36.2 Å². The van der Waals surface area contributed by atoms with Crippen molar-refractivity contribution in [2.75, 3.05) is 6.54 Å². The van der Waals surface area contributed by atoms with Gasteiger partial charge in [-0.3, -0.25) is 0 Å². The molecule has 0 aliphatic heterocycles. The van der Waals surface area contributed by atoms with Gasteiger partial charge in [-0.15, -0.1) is 0 Å². The molecular formula is C15H18BrNO2. The predicted octanol–water partition coefficient (Wildman–Crippen LogP) is 3.08. The van der Waals surface area contributed by atoms with Gasteiger partial charge in [0.1, 0.15) is 5.76 Å². The molecule has 19 heavy (non-hydrogen) atoms. The zero-order valence-electron chi connectivity index (χ0n) is 10.6. The second-order valence-corrected chi connectivity index (χ2v) is 5.50. The first-order chi connectivity index (χ1) is 9.20. The van der Waals surface area contributed by atoms with E-state index >= 15 is 0 Å². The van der Waals surface area contributed by atoms with E-state index < -0.39 is 6.10 Å². The van der Waals surface area contributed by atoms with Crippen molar-refractivity contribution in [3.05, 3.63) is 58.5 Å². The lowest BCUT2D eigenvalue weighted by Gasteiger charge is -2.21. The first-order valence-corrected chi connectivity index (χ1v) is 7.16. The van der Waals surface area contributed by atoms with Crippen LogP contribution in [-0.4, -0.2) is 17.8 Å². The molecule has 2 atom stereocenters. The molecule has 0 bridgehead atoms. The second kappa shape index (κ2) is 6.89. The van der Waals surface area contributed by atoms with Gasteiger partial charge in [0.05, 0.1) is 12.4 Å².